The number of fused-ring (bicyclic) bond motifs is 1. The summed E-state index contributed by atoms with van der Waals surface area (Å²) in [5, 5.41) is 28.2. The lowest BCUT2D eigenvalue weighted by Gasteiger charge is -2.33. The molecule has 16 heavy (non-hydrogen) atoms. The van der Waals surface area contributed by atoms with E-state index >= 15 is 0 Å². The van der Waals surface area contributed by atoms with Crippen molar-refractivity contribution in [1.29, 1.82) is 0 Å². The maximum Gasteiger partial charge on any atom is 0.309 e. The van der Waals surface area contributed by atoms with Crippen LogP contribution in [0.15, 0.2) is 24.3 Å². The van der Waals surface area contributed by atoms with Gasteiger partial charge in [-0.25, -0.2) is 0 Å². The molecule has 0 amide bonds. The second-order valence-electron chi connectivity index (χ2n) is 4.15. The highest BCUT2D eigenvalue weighted by Crippen LogP contribution is 2.37. The zero-order valence-corrected chi connectivity index (χ0v) is 8.71. The molecule has 1 aromatic carbocycles. The molecule has 4 heteroatoms. The molecule has 0 bridgehead atoms. The maximum atomic E-state index is 11.1. The van der Waals surface area contributed by atoms with E-state index in [2.05, 4.69) is 0 Å². The Kier molecular flexibility index (Phi) is 2.94. The highest BCUT2D eigenvalue weighted by molar-refractivity contribution is 5.72. The standard InChI is InChI=1S/C12H14O4/c13-6-8-5-7-3-1-2-4-9(7)11(14)10(8)12(15)16/h1-4,8,10-11,13-14H,5-6H2,(H,15,16). The van der Waals surface area contributed by atoms with E-state index in [4.69, 9.17) is 5.11 Å². The van der Waals surface area contributed by atoms with Crippen molar-refractivity contribution in [2.24, 2.45) is 11.8 Å². The van der Waals surface area contributed by atoms with Crippen LogP contribution in [0.5, 0.6) is 0 Å². The molecule has 0 spiro atoms. The third-order valence-electron chi connectivity index (χ3n) is 3.22. The number of hydrogen-bond acceptors (Lipinski definition) is 3. The quantitative estimate of drug-likeness (QED) is 0.684. The summed E-state index contributed by atoms with van der Waals surface area (Å²) in [6, 6.07) is 7.23. The minimum Gasteiger partial charge on any atom is -0.481 e. The van der Waals surface area contributed by atoms with Crippen LogP contribution in [0.4, 0.5) is 0 Å². The van der Waals surface area contributed by atoms with E-state index in [1.165, 1.54) is 0 Å². The average molecular weight is 222 g/mol. The Morgan fingerprint density at radius 2 is 2.06 bits per heavy atom. The van der Waals surface area contributed by atoms with E-state index in [0.29, 0.717) is 12.0 Å². The largest absolute Gasteiger partial charge is 0.481 e. The highest BCUT2D eigenvalue weighted by atomic mass is 16.4. The summed E-state index contributed by atoms with van der Waals surface area (Å²) in [5.41, 5.74) is 1.59. The normalized spacial score (nSPS) is 28.5. The Hall–Kier alpha value is -1.39. The fourth-order valence-corrected chi connectivity index (χ4v) is 2.38. The summed E-state index contributed by atoms with van der Waals surface area (Å²) in [7, 11) is 0. The van der Waals surface area contributed by atoms with Crippen LogP contribution in [0, 0.1) is 11.8 Å². The second-order valence-corrected chi connectivity index (χ2v) is 4.15. The lowest BCUT2D eigenvalue weighted by Crippen LogP contribution is -2.37. The Balaban J connectivity index is 2.42. The molecular weight excluding hydrogens is 208 g/mol. The van der Waals surface area contributed by atoms with Gasteiger partial charge in [0, 0.05) is 12.5 Å². The predicted molar refractivity (Wildman–Crippen MR) is 56.8 cm³/mol. The number of benzene rings is 1. The van der Waals surface area contributed by atoms with Crippen molar-refractivity contribution < 1.29 is 20.1 Å². The summed E-state index contributed by atoms with van der Waals surface area (Å²) >= 11 is 0. The Bertz CT molecular complexity index is 402. The molecule has 86 valence electrons. The van der Waals surface area contributed by atoms with Crippen LogP contribution >= 0.6 is 0 Å². The molecule has 0 fully saturated rings. The summed E-state index contributed by atoms with van der Waals surface area (Å²) in [6.45, 7) is -0.220. The topological polar surface area (TPSA) is 77.8 Å². The molecular formula is C12H14O4. The number of aliphatic hydroxyl groups is 2. The number of hydrogen-bond donors (Lipinski definition) is 3. The highest BCUT2D eigenvalue weighted by Gasteiger charge is 2.39. The fraction of sp³-hybridized carbons (Fsp3) is 0.417. The second kappa shape index (κ2) is 4.23. The third kappa shape index (κ3) is 1.70. The van der Waals surface area contributed by atoms with Gasteiger partial charge in [0.1, 0.15) is 0 Å². The average Bonchev–Trinajstić information content (AvgIpc) is 2.28. The smallest absolute Gasteiger partial charge is 0.309 e. The van der Waals surface area contributed by atoms with E-state index in [0.717, 1.165) is 5.56 Å². The van der Waals surface area contributed by atoms with Gasteiger partial charge in [-0.1, -0.05) is 24.3 Å². The summed E-state index contributed by atoms with van der Waals surface area (Å²) in [4.78, 5) is 11.1. The van der Waals surface area contributed by atoms with E-state index in [1.807, 2.05) is 12.1 Å². The van der Waals surface area contributed by atoms with Crippen molar-refractivity contribution in [3.63, 3.8) is 0 Å². The molecule has 3 N–H and O–H groups in total. The fourth-order valence-electron chi connectivity index (χ4n) is 2.38. The van der Waals surface area contributed by atoms with Gasteiger partial charge in [0.05, 0.1) is 12.0 Å². The van der Waals surface area contributed by atoms with Gasteiger partial charge < -0.3 is 15.3 Å². The molecule has 4 nitrogen and oxygen atoms in total. The Morgan fingerprint density at radius 1 is 1.38 bits per heavy atom. The molecule has 0 saturated heterocycles. The summed E-state index contributed by atoms with van der Waals surface area (Å²) in [6.07, 6.45) is -0.527. The van der Waals surface area contributed by atoms with Gasteiger partial charge in [-0.2, -0.15) is 0 Å². The zero-order chi connectivity index (χ0) is 11.7. The molecule has 3 atom stereocenters. The number of rotatable bonds is 2. The van der Waals surface area contributed by atoms with Gasteiger partial charge >= 0.3 is 5.97 Å². The van der Waals surface area contributed by atoms with Crippen LogP contribution in [-0.4, -0.2) is 27.9 Å². The van der Waals surface area contributed by atoms with Crippen LogP contribution in [0.3, 0.4) is 0 Å². The Morgan fingerprint density at radius 3 is 2.69 bits per heavy atom. The van der Waals surface area contributed by atoms with Crippen molar-refractivity contribution in [1.82, 2.24) is 0 Å². The van der Waals surface area contributed by atoms with Crippen LogP contribution in [0.25, 0.3) is 0 Å². The van der Waals surface area contributed by atoms with Crippen LogP contribution in [0.2, 0.25) is 0 Å². The number of aliphatic hydroxyl groups excluding tert-OH is 2. The number of carbonyl (C=O) groups is 1. The molecule has 3 unspecified atom stereocenters. The first-order valence-electron chi connectivity index (χ1n) is 5.24. The van der Waals surface area contributed by atoms with Crippen LogP contribution in [0.1, 0.15) is 17.2 Å². The molecule has 0 saturated carbocycles. The number of carboxylic acid groups (broad SMARTS) is 1. The molecule has 1 aliphatic rings. The van der Waals surface area contributed by atoms with E-state index < -0.39 is 23.9 Å². The number of carboxylic acids is 1. The van der Waals surface area contributed by atoms with Crippen molar-refractivity contribution >= 4 is 5.97 Å². The first-order chi connectivity index (χ1) is 7.65. The molecule has 0 heterocycles. The van der Waals surface area contributed by atoms with Gasteiger partial charge in [0.15, 0.2) is 0 Å². The predicted octanol–water partition coefficient (Wildman–Crippen LogP) is 0.585. The van der Waals surface area contributed by atoms with E-state index in [1.54, 1.807) is 12.1 Å². The summed E-state index contributed by atoms with van der Waals surface area (Å²) in [5.74, 6) is -2.39. The van der Waals surface area contributed by atoms with E-state index in [9.17, 15) is 15.0 Å². The number of aliphatic carboxylic acids is 1. The lowest BCUT2D eigenvalue weighted by molar-refractivity contribution is -0.150. The molecule has 0 aromatic heterocycles. The van der Waals surface area contributed by atoms with Gasteiger partial charge in [0.25, 0.3) is 0 Å². The minimum atomic E-state index is -1.05. The maximum absolute atomic E-state index is 11.1. The first-order valence-corrected chi connectivity index (χ1v) is 5.24. The Labute approximate surface area is 93.2 Å². The molecule has 2 rings (SSSR count). The zero-order valence-electron chi connectivity index (χ0n) is 8.71. The van der Waals surface area contributed by atoms with Gasteiger partial charge in [-0.05, 0) is 17.5 Å². The van der Waals surface area contributed by atoms with Gasteiger partial charge in [-0.3, -0.25) is 4.79 Å². The molecule has 0 aliphatic heterocycles. The molecule has 1 aromatic rings. The molecule has 0 radical (unpaired) electrons. The van der Waals surface area contributed by atoms with Gasteiger partial charge in [-0.15, -0.1) is 0 Å². The SMILES string of the molecule is O=C(O)C1C(CO)Cc2ccccc2C1O. The van der Waals surface area contributed by atoms with Crippen LogP contribution in [-0.2, 0) is 11.2 Å². The summed E-state index contributed by atoms with van der Waals surface area (Å²) < 4.78 is 0. The van der Waals surface area contributed by atoms with Crippen molar-refractivity contribution in [3.05, 3.63) is 35.4 Å². The van der Waals surface area contributed by atoms with Crippen LogP contribution < -0.4 is 0 Å². The van der Waals surface area contributed by atoms with Gasteiger partial charge in [0.2, 0.25) is 0 Å². The minimum absolute atomic E-state index is 0.220. The van der Waals surface area contributed by atoms with Crippen molar-refractivity contribution in [3.8, 4) is 0 Å². The van der Waals surface area contributed by atoms with Crippen molar-refractivity contribution in [2.45, 2.75) is 12.5 Å². The monoisotopic (exact) mass is 222 g/mol. The first kappa shape index (κ1) is 11.1. The lowest BCUT2D eigenvalue weighted by atomic mass is 9.74. The molecule has 1 aliphatic carbocycles. The van der Waals surface area contributed by atoms with Crippen molar-refractivity contribution in [2.75, 3.05) is 6.61 Å². The third-order valence-corrected chi connectivity index (χ3v) is 3.22. The van der Waals surface area contributed by atoms with E-state index in [-0.39, 0.29) is 6.61 Å².